The summed E-state index contributed by atoms with van der Waals surface area (Å²) in [6, 6.07) is 7.65. The Morgan fingerprint density at radius 2 is 2.21 bits per heavy atom. The van der Waals surface area contributed by atoms with Crippen molar-refractivity contribution >= 4 is 21.9 Å². The number of halogens is 1. The van der Waals surface area contributed by atoms with Gasteiger partial charge < -0.3 is 9.84 Å². The zero-order valence-electron chi connectivity index (χ0n) is 10.9. The molecule has 2 unspecified atom stereocenters. The Hall–Kier alpha value is -0.910. The van der Waals surface area contributed by atoms with Crippen molar-refractivity contribution in [2.45, 2.75) is 25.4 Å². The molecule has 19 heavy (non-hydrogen) atoms. The second kappa shape index (κ2) is 6.50. The van der Waals surface area contributed by atoms with Gasteiger partial charge in [-0.1, -0.05) is 35.0 Å². The third-order valence-corrected chi connectivity index (χ3v) is 4.03. The number of hydrogen-bond acceptors (Lipinski definition) is 3. The Bertz CT molecular complexity index is 435. The lowest BCUT2D eigenvalue weighted by Crippen LogP contribution is -2.51. The summed E-state index contributed by atoms with van der Waals surface area (Å²) in [5, 5.41) is 9.31. The molecule has 1 aliphatic rings. The highest BCUT2D eigenvalue weighted by Crippen LogP contribution is 2.28. The van der Waals surface area contributed by atoms with Crippen LogP contribution in [0.15, 0.2) is 28.7 Å². The van der Waals surface area contributed by atoms with Crippen molar-refractivity contribution in [2.24, 2.45) is 0 Å². The van der Waals surface area contributed by atoms with Crippen LogP contribution in [0.5, 0.6) is 0 Å². The minimum absolute atomic E-state index is 0.123. The van der Waals surface area contributed by atoms with E-state index in [9.17, 15) is 9.90 Å². The molecule has 0 aromatic heterocycles. The standard InChI is InChI=1S/C14H18BrNO3/c1-2-12(10-3-5-11(15)6-4-10)16-7-8-19-9-13(16)14(17)18/h3-6,12-13H,2,7-9H2,1H3,(H,17,18). The number of carboxylic acids is 1. The number of nitrogens with zero attached hydrogens (tertiary/aromatic N) is 1. The molecular formula is C14H18BrNO3. The van der Waals surface area contributed by atoms with E-state index in [0.29, 0.717) is 13.2 Å². The minimum Gasteiger partial charge on any atom is -0.480 e. The highest BCUT2D eigenvalue weighted by Gasteiger charge is 2.34. The van der Waals surface area contributed by atoms with E-state index in [1.54, 1.807) is 0 Å². The molecule has 5 heteroatoms. The molecule has 0 saturated carbocycles. The molecule has 0 aliphatic carbocycles. The van der Waals surface area contributed by atoms with Gasteiger partial charge >= 0.3 is 5.97 Å². The lowest BCUT2D eigenvalue weighted by molar-refractivity contribution is -0.151. The van der Waals surface area contributed by atoms with E-state index in [4.69, 9.17) is 4.74 Å². The number of ether oxygens (including phenoxy) is 1. The fourth-order valence-corrected chi connectivity index (χ4v) is 2.81. The van der Waals surface area contributed by atoms with Gasteiger partial charge in [-0.25, -0.2) is 0 Å². The monoisotopic (exact) mass is 327 g/mol. The van der Waals surface area contributed by atoms with Crippen molar-refractivity contribution in [3.63, 3.8) is 0 Å². The summed E-state index contributed by atoms with van der Waals surface area (Å²) < 4.78 is 6.32. The van der Waals surface area contributed by atoms with Crippen molar-refractivity contribution in [3.05, 3.63) is 34.3 Å². The number of carbonyl (C=O) groups is 1. The van der Waals surface area contributed by atoms with Crippen molar-refractivity contribution in [2.75, 3.05) is 19.8 Å². The van der Waals surface area contributed by atoms with Crippen LogP contribution in [0.3, 0.4) is 0 Å². The average molecular weight is 328 g/mol. The highest BCUT2D eigenvalue weighted by molar-refractivity contribution is 9.10. The van der Waals surface area contributed by atoms with Crippen molar-refractivity contribution in [1.29, 1.82) is 0 Å². The van der Waals surface area contributed by atoms with Crippen molar-refractivity contribution < 1.29 is 14.6 Å². The van der Waals surface area contributed by atoms with Crippen LogP contribution in [0.1, 0.15) is 24.9 Å². The number of aliphatic carboxylic acids is 1. The first kappa shape index (κ1) is 14.5. The van der Waals surface area contributed by atoms with E-state index in [0.717, 1.165) is 16.5 Å². The van der Waals surface area contributed by atoms with Crippen LogP contribution >= 0.6 is 15.9 Å². The summed E-state index contributed by atoms with van der Waals surface area (Å²) in [6.45, 7) is 3.60. The summed E-state index contributed by atoms with van der Waals surface area (Å²) in [4.78, 5) is 13.4. The van der Waals surface area contributed by atoms with Gasteiger partial charge in [0.1, 0.15) is 6.04 Å². The third kappa shape index (κ3) is 3.35. The van der Waals surface area contributed by atoms with Crippen LogP contribution in [0.2, 0.25) is 0 Å². The zero-order valence-corrected chi connectivity index (χ0v) is 12.5. The average Bonchev–Trinajstić information content (AvgIpc) is 2.42. The van der Waals surface area contributed by atoms with Crippen LogP contribution in [-0.4, -0.2) is 41.8 Å². The van der Waals surface area contributed by atoms with Gasteiger partial charge in [-0.2, -0.15) is 0 Å². The highest BCUT2D eigenvalue weighted by atomic mass is 79.9. The molecule has 104 valence electrons. The van der Waals surface area contributed by atoms with Crippen molar-refractivity contribution in [1.82, 2.24) is 4.90 Å². The molecule has 4 nitrogen and oxygen atoms in total. The molecule has 0 radical (unpaired) electrons. The smallest absolute Gasteiger partial charge is 0.323 e. The molecule has 1 aliphatic heterocycles. The first-order chi connectivity index (χ1) is 9.13. The Labute approximate surface area is 121 Å². The molecule has 1 aromatic rings. The lowest BCUT2D eigenvalue weighted by atomic mass is 10.0. The second-order valence-electron chi connectivity index (χ2n) is 4.64. The third-order valence-electron chi connectivity index (χ3n) is 3.50. The zero-order chi connectivity index (χ0) is 13.8. The lowest BCUT2D eigenvalue weighted by Gasteiger charge is -2.38. The Morgan fingerprint density at radius 1 is 1.53 bits per heavy atom. The maximum atomic E-state index is 11.3. The van der Waals surface area contributed by atoms with E-state index in [-0.39, 0.29) is 12.6 Å². The molecule has 1 saturated heterocycles. The van der Waals surface area contributed by atoms with Gasteiger partial charge in [-0.15, -0.1) is 0 Å². The van der Waals surface area contributed by atoms with Crippen LogP contribution in [0.4, 0.5) is 0 Å². The molecule has 1 fully saturated rings. The number of morpholine rings is 1. The van der Waals surface area contributed by atoms with Gasteiger partial charge in [0.25, 0.3) is 0 Å². The molecule has 0 bridgehead atoms. The van der Waals surface area contributed by atoms with Gasteiger partial charge in [-0.3, -0.25) is 9.69 Å². The number of hydrogen-bond donors (Lipinski definition) is 1. The predicted octanol–water partition coefficient (Wildman–Crippen LogP) is 2.69. The van der Waals surface area contributed by atoms with Crippen LogP contribution < -0.4 is 0 Å². The molecule has 1 aromatic carbocycles. The maximum absolute atomic E-state index is 11.3. The van der Waals surface area contributed by atoms with Gasteiger partial charge in [-0.05, 0) is 24.1 Å². The van der Waals surface area contributed by atoms with Crippen LogP contribution in [0, 0.1) is 0 Å². The Kier molecular flexibility index (Phi) is 4.96. The van der Waals surface area contributed by atoms with E-state index < -0.39 is 12.0 Å². The van der Waals surface area contributed by atoms with E-state index in [2.05, 4.69) is 22.9 Å². The SMILES string of the molecule is CCC(c1ccc(Br)cc1)N1CCOCC1C(=O)O. The number of rotatable bonds is 4. The fourth-order valence-electron chi connectivity index (χ4n) is 2.55. The van der Waals surface area contributed by atoms with Crippen molar-refractivity contribution in [3.8, 4) is 0 Å². The number of benzene rings is 1. The summed E-state index contributed by atoms with van der Waals surface area (Å²) in [5.74, 6) is -0.810. The number of carboxylic acid groups (broad SMARTS) is 1. The summed E-state index contributed by atoms with van der Waals surface area (Å²) in [6.07, 6.45) is 0.880. The van der Waals surface area contributed by atoms with Gasteiger partial charge in [0.2, 0.25) is 0 Å². The van der Waals surface area contributed by atoms with Gasteiger partial charge in [0.05, 0.1) is 13.2 Å². The molecule has 0 amide bonds. The Morgan fingerprint density at radius 3 is 2.79 bits per heavy atom. The first-order valence-corrected chi connectivity index (χ1v) is 7.24. The summed E-state index contributed by atoms with van der Waals surface area (Å²) in [5.41, 5.74) is 1.15. The van der Waals surface area contributed by atoms with E-state index in [1.807, 2.05) is 29.2 Å². The summed E-state index contributed by atoms with van der Waals surface area (Å²) in [7, 11) is 0. The van der Waals surface area contributed by atoms with Crippen LogP contribution in [0.25, 0.3) is 0 Å². The van der Waals surface area contributed by atoms with E-state index >= 15 is 0 Å². The normalized spacial score (nSPS) is 22.1. The largest absolute Gasteiger partial charge is 0.480 e. The minimum atomic E-state index is -0.810. The van der Waals surface area contributed by atoms with E-state index in [1.165, 1.54) is 0 Å². The fraction of sp³-hybridized carbons (Fsp3) is 0.500. The molecule has 1 heterocycles. The van der Waals surface area contributed by atoms with Crippen LogP contribution in [-0.2, 0) is 9.53 Å². The van der Waals surface area contributed by atoms with Gasteiger partial charge in [0, 0.05) is 17.1 Å². The Balaban J connectivity index is 2.24. The molecule has 2 atom stereocenters. The topological polar surface area (TPSA) is 49.8 Å². The molecule has 0 spiro atoms. The quantitative estimate of drug-likeness (QED) is 0.923. The maximum Gasteiger partial charge on any atom is 0.323 e. The van der Waals surface area contributed by atoms with Gasteiger partial charge in [0.15, 0.2) is 0 Å². The molecule has 2 rings (SSSR count). The predicted molar refractivity (Wildman–Crippen MR) is 76.1 cm³/mol. The molecular weight excluding hydrogens is 310 g/mol. The first-order valence-electron chi connectivity index (χ1n) is 6.45. The summed E-state index contributed by atoms with van der Waals surface area (Å²) >= 11 is 3.42. The molecule has 1 N–H and O–H groups in total. The second-order valence-corrected chi connectivity index (χ2v) is 5.56.